The summed E-state index contributed by atoms with van der Waals surface area (Å²) in [7, 11) is 0. The standard InChI is InChI=1S/C16H16Cl2O/c1-11-5-12(2)7-14(6-11)10-19-16-4-3-13(9-17)8-15(16)18/h3-8H,9-10H2,1-2H3. The largest absolute Gasteiger partial charge is 0.487 e. The van der Waals surface area contributed by atoms with Gasteiger partial charge >= 0.3 is 0 Å². The van der Waals surface area contributed by atoms with E-state index in [1.807, 2.05) is 18.2 Å². The van der Waals surface area contributed by atoms with E-state index < -0.39 is 0 Å². The minimum Gasteiger partial charge on any atom is -0.487 e. The first kappa shape index (κ1) is 14.2. The zero-order chi connectivity index (χ0) is 13.8. The minimum absolute atomic E-state index is 0.455. The van der Waals surface area contributed by atoms with Gasteiger partial charge in [-0.25, -0.2) is 0 Å². The fourth-order valence-corrected chi connectivity index (χ4v) is 2.48. The molecule has 0 amide bonds. The van der Waals surface area contributed by atoms with E-state index in [2.05, 4.69) is 32.0 Å². The zero-order valence-corrected chi connectivity index (χ0v) is 12.6. The molecule has 0 saturated carbocycles. The van der Waals surface area contributed by atoms with E-state index in [-0.39, 0.29) is 0 Å². The monoisotopic (exact) mass is 294 g/mol. The molecular formula is C16H16Cl2O. The molecule has 2 aromatic carbocycles. The third-order valence-corrected chi connectivity index (χ3v) is 3.43. The van der Waals surface area contributed by atoms with Gasteiger partial charge < -0.3 is 4.74 Å². The normalized spacial score (nSPS) is 10.5. The van der Waals surface area contributed by atoms with Gasteiger partial charge in [-0.2, -0.15) is 0 Å². The molecule has 0 aliphatic rings. The molecule has 0 radical (unpaired) electrons. The summed E-state index contributed by atoms with van der Waals surface area (Å²) >= 11 is 11.9. The van der Waals surface area contributed by atoms with Gasteiger partial charge in [-0.3, -0.25) is 0 Å². The summed E-state index contributed by atoms with van der Waals surface area (Å²) in [5, 5.41) is 0.600. The van der Waals surface area contributed by atoms with Gasteiger partial charge in [0.1, 0.15) is 12.4 Å². The van der Waals surface area contributed by atoms with Gasteiger partial charge in [0.2, 0.25) is 0 Å². The lowest BCUT2D eigenvalue weighted by Gasteiger charge is -2.10. The van der Waals surface area contributed by atoms with Crippen molar-refractivity contribution < 1.29 is 4.74 Å². The molecule has 0 aliphatic heterocycles. The van der Waals surface area contributed by atoms with Crippen LogP contribution in [0.3, 0.4) is 0 Å². The van der Waals surface area contributed by atoms with Crippen molar-refractivity contribution in [3.8, 4) is 5.75 Å². The van der Waals surface area contributed by atoms with E-state index in [0.717, 1.165) is 11.1 Å². The number of hydrogen-bond acceptors (Lipinski definition) is 1. The second kappa shape index (κ2) is 6.31. The summed E-state index contributed by atoms with van der Waals surface area (Å²) in [4.78, 5) is 0. The Morgan fingerprint density at radius 2 is 1.63 bits per heavy atom. The van der Waals surface area contributed by atoms with Crippen molar-refractivity contribution in [1.82, 2.24) is 0 Å². The summed E-state index contributed by atoms with van der Waals surface area (Å²) < 4.78 is 5.76. The van der Waals surface area contributed by atoms with Crippen LogP contribution >= 0.6 is 23.2 Å². The quantitative estimate of drug-likeness (QED) is 0.698. The number of halogens is 2. The molecule has 0 heterocycles. The van der Waals surface area contributed by atoms with Crippen LogP contribution in [-0.2, 0) is 12.5 Å². The zero-order valence-electron chi connectivity index (χ0n) is 11.0. The van der Waals surface area contributed by atoms with Gasteiger partial charge in [0.15, 0.2) is 0 Å². The number of benzene rings is 2. The summed E-state index contributed by atoms with van der Waals surface area (Å²) in [6.45, 7) is 4.68. The fraction of sp³-hybridized carbons (Fsp3) is 0.250. The maximum absolute atomic E-state index is 6.15. The van der Waals surface area contributed by atoms with Gasteiger partial charge in [-0.15, -0.1) is 11.6 Å². The van der Waals surface area contributed by atoms with Gasteiger partial charge in [-0.05, 0) is 37.1 Å². The Morgan fingerprint density at radius 3 is 2.21 bits per heavy atom. The van der Waals surface area contributed by atoms with Crippen molar-refractivity contribution in [2.75, 3.05) is 0 Å². The lowest BCUT2D eigenvalue weighted by Crippen LogP contribution is -1.97. The Bertz CT molecular complexity index is 559. The number of aryl methyl sites for hydroxylation is 2. The van der Waals surface area contributed by atoms with Crippen LogP contribution < -0.4 is 4.74 Å². The Morgan fingerprint density at radius 1 is 0.947 bits per heavy atom. The molecule has 0 fully saturated rings. The third-order valence-electron chi connectivity index (χ3n) is 2.83. The second-order valence-corrected chi connectivity index (χ2v) is 5.36. The second-order valence-electron chi connectivity index (χ2n) is 4.68. The highest BCUT2D eigenvalue weighted by Crippen LogP contribution is 2.27. The lowest BCUT2D eigenvalue weighted by molar-refractivity contribution is 0.306. The van der Waals surface area contributed by atoms with E-state index in [9.17, 15) is 0 Å². The molecular weight excluding hydrogens is 279 g/mol. The van der Waals surface area contributed by atoms with Gasteiger partial charge in [-0.1, -0.05) is 47.0 Å². The predicted octanol–water partition coefficient (Wildman–Crippen LogP) is 5.27. The van der Waals surface area contributed by atoms with Crippen molar-refractivity contribution in [3.63, 3.8) is 0 Å². The van der Waals surface area contributed by atoms with Crippen LogP contribution in [0.15, 0.2) is 36.4 Å². The highest BCUT2D eigenvalue weighted by molar-refractivity contribution is 6.32. The summed E-state index contributed by atoms with van der Waals surface area (Å²) in [5.74, 6) is 1.14. The SMILES string of the molecule is Cc1cc(C)cc(COc2ccc(CCl)cc2Cl)c1. The van der Waals surface area contributed by atoms with E-state index in [4.69, 9.17) is 27.9 Å². The van der Waals surface area contributed by atoms with Crippen molar-refractivity contribution in [2.45, 2.75) is 26.3 Å². The molecule has 0 N–H and O–H groups in total. The molecule has 0 bridgehead atoms. The van der Waals surface area contributed by atoms with Crippen LogP contribution in [0.4, 0.5) is 0 Å². The summed E-state index contributed by atoms with van der Waals surface area (Å²) in [6, 6.07) is 12.0. The first-order chi connectivity index (χ1) is 9.08. The number of hydrogen-bond donors (Lipinski definition) is 0. The third kappa shape index (κ3) is 3.89. The molecule has 3 heteroatoms. The Hall–Kier alpha value is -1.18. The van der Waals surface area contributed by atoms with Crippen LogP contribution in [-0.4, -0.2) is 0 Å². The minimum atomic E-state index is 0.455. The van der Waals surface area contributed by atoms with Crippen LogP contribution in [0.1, 0.15) is 22.3 Å². The molecule has 0 atom stereocenters. The lowest BCUT2D eigenvalue weighted by atomic mass is 10.1. The van der Waals surface area contributed by atoms with Crippen LogP contribution in [0, 0.1) is 13.8 Å². The Kier molecular flexibility index (Phi) is 4.73. The van der Waals surface area contributed by atoms with E-state index in [1.54, 1.807) is 0 Å². The summed E-state index contributed by atoms with van der Waals surface area (Å²) in [5.41, 5.74) is 4.62. The van der Waals surface area contributed by atoms with E-state index >= 15 is 0 Å². The molecule has 100 valence electrons. The molecule has 0 saturated heterocycles. The molecule has 2 rings (SSSR count). The molecule has 0 aliphatic carbocycles. The van der Waals surface area contributed by atoms with Crippen LogP contribution in [0.2, 0.25) is 5.02 Å². The average Bonchev–Trinajstić information content (AvgIpc) is 2.36. The first-order valence-electron chi connectivity index (χ1n) is 6.13. The van der Waals surface area contributed by atoms with Crippen LogP contribution in [0.25, 0.3) is 0 Å². The van der Waals surface area contributed by atoms with E-state index in [1.165, 1.54) is 11.1 Å². The predicted molar refractivity (Wildman–Crippen MR) is 81.3 cm³/mol. The van der Waals surface area contributed by atoms with Gasteiger partial charge in [0.05, 0.1) is 5.02 Å². The molecule has 0 unspecified atom stereocenters. The Labute approximate surface area is 124 Å². The molecule has 0 spiro atoms. The van der Waals surface area contributed by atoms with Crippen molar-refractivity contribution in [1.29, 1.82) is 0 Å². The summed E-state index contributed by atoms with van der Waals surface area (Å²) in [6.07, 6.45) is 0. The van der Waals surface area contributed by atoms with Gasteiger partial charge in [0, 0.05) is 5.88 Å². The number of rotatable bonds is 4. The maximum Gasteiger partial charge on any atom is 0.138 e. The maximum atomic E-state index is 6.15. The van der Waals surface area contributed by atoms with Crippen LogP contribution in [0.5, 0.6) is 5.75 Å². The average molecular weight is 295 g/mol. The molecule has 2 aromatic rings. The van der Waals surface area contributed by atoms with Crippen molar-refractivity contribution in [3.05, 3.63) is 63.7 Å². The molecule has 1 nitrogen and oxygen atoms in total. The first-order valence-corrected chi connectivity index (χ1v) is 7.04. The molecule has 19 heavy (non-hydrogen) atoms. The fourth-order valence-electron chi connectivity index (χ4n) is 2.06. The number of alkyl halides is 1. The smallest absolute Gasteiger partial charge is 0.138 e. The van der Waals surface area contributed by atoms with Crippen molar-refractivity contribution >= 4 is 23.2 Å². The van der Waals surface area contributed by atoms with Gasteiger partial charge in [0.25, 0.3) is 0 Å². The Balaban J connectivity index is 2.10. The highest BCUT2D eigenvalue weighted by Gasteiger charge is 2.04. The molecule has 0 aromatic heterocycles. The highest BCUT2D eigenvalue weighted by atomic mass is 35.5. The van der Waals surface area contributed by atoms with E-state index in [0.29, 0.717) is 23.3 Å². The number of ether oxygens (including phenoxy) is 1. The topological polar surface area (TPSA) is 9.23 Å². The van der Waals surface area contributed by atoms with Crippen molar-refractivity contribution in [2.24, 2.45) is 0 Å².